The third kappa shape index (κ3) is 5.64. The van der Waals surface area contributed by atoms with E-state index in [1.54, 1.807) is 0 Å². The Morgan fingerprint density at radius 2 is 2.00 bits per heavy atom. The number of rotatable bonds is 7. The summed E-state index contributed by atoms with van der Waals surface area (Å²) in [6, 6.07) is 8.16. The second-order valence-corrected chi connectivity index (χ2v) is 6.02. The van der Waals surface area contributed by atoms with E-state index in [4.69, 9.17) is 0 Å². The largest absolute Gasteiger partial charge is 0.383 e. The molecule has 0 saturated carbocycles. The molecule has 1 aliphatic rings. The highest BCUT2D eigenvalue weighted by Crippen LogP contribution is 2.36. The Balaban J connectivity index is 0.00000264. The van der Waals surface area contributed by atoms with E-state index in [2.05, 4.69) is 35.5 Å². The number of fused-ring (bicyclic) bond motifs is 1. The zero-order valence-electron chi connectivity index (χ0n) is 14.3. The van der Waals surface area contributed by atoms with Crippen molar-refractivity contribution in [1.29, 1.82) is 0 Å². The van der Waals surface area contributed by atoms with Crippen molar-refractivity contribution in [2.75, 3.05) is 19.6 Å². The SMILES string of the molecule is CCCCCNC(=NCC1(O)CCc2ccccc21)NCC.I. The van der Waals surface area contributed by atoms with Gasteiger partial charge in [-0.3, -0.25) is 0 Å². The topological polar surface area (TPSA) is 56.7 Å². The summed E-state index contributed by atoms with van der Waals surface area (Å²) < 4.78 is 0. The second kappa shape index (κ2) is 10.1. The van der Waals surface area contributed by atoms with E-state index in [1.165, 1.54) is 18.4 Å². The minimum Gasteiger partial charge on any atom is -0.383 e. The number of nitrogens with zero attached hydrogens (tertiary/aromatic N) is 1. The first kappa shape index (κ1) is 20.2. The molecule has 0 aromatic heterocycles. The number of halogens is 1. The molecule has 5 heteroatoms. The van der Waals surface area contributed by atoms with Gasteiger partial charge in [0.1, 0.15) is 5.60 Å². The fourth-order valence-corrected chi connectivity index (χ4v) is 2.97. The molecule has 1 atom stereocenters. The summed E-state index contributed by atoms with van der Waals surface area (Å²) in [5, 5.41) is 17.5. The van der Waals surface area contributed by atoms with Crippen LogP contribution in [-0.4, -0.2) is 30.7 Å². The molecule has 0 bridgehead atoms. The summed E-state index contributed by atoms with van der Waals surface area (Å²) in [4.78, 5) is 4.61. The normalized spacial score (nSPS) is 19.9. The average molecular weight is 431 g/mol. The fraction of sp³-hybridized carbons (Fsp3) is 0.611. The number of hydrogen-bond donors (Lipinski definition) is 3. The van der Waals surface area contributed by atoms with Crippen molar-refractivity contribution in [1.82, 2.24) is 10.6 Å². The number of aliphatic imine (C=N–C) groups is 1. The van der Waals surface area contributed by atoms with Gasteiger partial charge >= 0.3 is 0 Å². The number of aliphatic hydroxyl groups is 1. The molecule has 0 amide bonds. The van der Waals surface area contributed by atoms with Crippen molar-refractivity contribution < 1.29 is 5.11 Å². The standard InChI is InChI=1S/C18H29N3O.HI/c1-3-5-8-13-20-17(19-4-2)21-14-18(22)12-11-15-9-6-7-10-16(15)18;/h6-7,9-10,22H,3-5,8,11-14H2,1-2H3,(H2,19,20,21);1H. The quantitative estimate of drug-likeness (QED) is 0.269. The molecule has 0 radical (unpaired) electrons. The van der Waals surface area contributed by atoms with E-state index < -0.39 is 5.60 Å². The Morgan fingerprint density at radius 1 is 1.22 bits per heavy atom. The van der Waals surface area contributed by atoms with E-state index >= 15 is 0 Å². The third-order valence-electron chi connectivity index (χ3n) is 4.24. The van der Waals surface area contributed by atoms with Crippen LogP contribution in [0.15, 0.2) is 29.3 Å². The summed E-state index contributed by atoms with van der Waals surface area (Å²) >= 11 is 0. The first-order chi connectivity index (χ1) is 10.7. The van der Waals surface area contributed by atoms with Gasteiger partial charge in [0.15, 0.2) is 5.96 Å². The van der Waals surface area contributed by atoms with Crippen LogP contribution in [-0.2, 0) is 12.0 Å². The maximum Gasteiger partial charge on any atom is 0.191 e. The summed E-state index contributed by atoms with van der Waals surface area (Å²) in [5.41, 5.74) is 1.48. The van der Waals surface area contributed by atoms with Crippen LogP contribution in [0.2, 0.25) is 0 Å². The van der Waals surface area contributed by atoms with Crippen molar-refractivity contribution >= 4 is 29.9 Å². The highest BCUT2D eigenvalue weighted by Gasteiger charge is 2.36. The number of unbranched alkanes of at least 4 members (excludes halogenated alkanes) is 2. The molecular formula is C18H30IN3O. The molecule has 0 fully saturated rings. The van der Waals surface area contributed by atoms with E-state index in [-0.39, 0.29) is 24.0 Å². The Labute approximate surface area is 157 Å². The van der Waals surface area contributed by atoms with Gasteiger partial charge in [0.05, 0.1) is 6.54 Å². The Hall–Kier alpha value is -0.820. The number of nitrogens with one attached hydrogen (secondary N) is 2. The Morgan fingerprint density at radius 3 is 2.74 bits per heavy atom. The first-order valence-corrected chi connectivity index (χ1v) is 8.52. The van der Waals surface area contributed by atoms with Gasteiger partial charge in [-0.2, -0.15) is 0 Å². The highest BCUT2D eigenvalue weighted by molar-refractivity contribution is 14.0. The molecule has 23 heavy (non-hydrogen) atoms. The van der Waals surface area contributed by atoms with Crippen LogP contribution in [0.3, 0.4) is 0 Å². The predicted molar refractivity (Wildman–Crippen MR) is 108 cm³/mol. The molecular weight excluding hydrogens is 401 g/mol. The van der Waals surface area contributed by atoms with E-state index in [0.717, 1.165) is 43.9 Å². The predicted octanol–water partition coefficient (Wildman–Crippen LogP) is 3.18. The van der Waals surface area contributed by atoms with Gasteiger partial charge in [0.25, 0.3) is 0 Å². The van der Waals surface area contributed by atoms with Crippen LogP contribution >= 0.6 is 24.0 Å². The minimum atomic E-state index is -0.817. The lowest BCUT2D eigenvalue weighted by molar-refractivity contribution is 0.0485. The van der Waals surface area contributed by atoms with Gasteiger partial charge in [0.2, 0.25) is 0 Å². The van der Waals surface area contributed by atoms with Crippen LogP contribution < -0.4 is 10.6 Å². The van der Waals surface area contributed by atoms with Gasteiger partial charge in [-0.05, 0) is 37.3 Å². The van der Waals surface area contributed by atoms with Crippen molar-refractivity contribution in [3.8, 4) is 0 Å². The molecule has 3 N–H and O–H groups in total. The minimum absolute atomic E-state index is 0. The van der Waals surface area contributed by atoms with Crippen LogP contribution in [0.1, 0.15) is 50.7 Å². The molecule has 1 aromatic rings. The summed E-state index contributed by atoms with van der Waals surface area (Å²) in [7, 11) is 0. The van der Waals surface area contributed by atoms with E-state index in [1.807, 2.05) is 18.2 Å². The van der Waals surface area contributed by atoms with E-state index in [9.17, 15) is 5.11 Å². The van der Waals surface area contributed by atoms with Gasteiger partial charge in [0, 0.05) is 13.1 Å². The lowest BCUT2D eigenvalue weighted by atomic mass is 9.96. The van der Waals surface area contributed by atoms with Crippen LogP contribution in [0.4, 0.5) is 0 Å². The van der Waals surface area contributed by atoms with Crippen LogP contribution in [0.25, 0.3) is 0 Å². The number of hydrogen-bond acceptors (Lipinski definition) is 2. The van der Waals surface area contributed by atoms with Crippen LogP contribution in [0, 0.1) is 0 Å². The van der Waals surface area contributed by atoms with Crippen LogP contribution in [0.5, 0.6) is 0 Å². The molecule has 1 aliphatic carbocycles. The van der Waals surface area contributed by atoms with Crippen molar-refractivity contribution in [3.05, 3.63) is 35.4 Å². The molecule has 0 spiro atoms. The fourth-order valence-electron chi connectivity index (χ4n) is 2.97. The summed E-state index contributed by atoms with van der Waals surface area (Å²) in [5.74, 6) is 0.802. The van der Waals surface area contributed by atoms with Gasteiger partial charge in [-0.25, -0.2) is 4.99 Å². The molecule has 0 aliphatic heterocycles. The first-order valence-electron chi connectivity index (χ1n) is 8.52. The summed E-state index contributed by atoms with van der Waals surface area (Å²) in [6.07, 6.45) is 5.28. The number of aryl methyl sites for hydroxylation is 1. The molecule has 1 aromatic carbocycles. The maximum atomic E-state index is 10.9. The second-order valence-electron chi connectivity index (χ2n) is 6.02. The monoisotopic (exact) mass is 431 g/mol. The summed E-state index contributed by atoms with van der Waals surface area (Å²) in [6.45, 7) is 6.42. The Kier molecular flexibility index (Phi) is 8.91. The number of benzene rings is 1. The highest BCUT2D eigenvalue weighted by atomic mass is 127. The van der Waals surface area contributed by atoms with Gasteiger partial charge in [-0.1, -0.05) is 44.0 Å². The molecule has 4 nitrogen and oxygen atoms in total. The molecule has 2 rings (SSSR count). The Bertz CT molecular complexity index is 507. The average Bonchev–Trinajstić information content (AvgIpc) is 2.87. The molecule has 0 heterocycles. The smallest absolute Gasteiger partial charge is 0.191 e. The maximum absolute atomic E-state index is 10.9. The zero-order chi connectivity index (χ0) is 15.8. The van der Waals surface area contributed by atoms with Crippen molar-refractivity contribution in [3.63, 3.8) is 0 Å². The van der Waals surface area contributed by atoms with E-state index in [0.29, 0.717) is 6.54 Å². The van der Waals surface area contributed by atoms with Gasteiger partial charge < -0.3 is 15.7 Å². The van der Waals surface area contributed by atoms with Crippen molar-refractivity contribution in [2.24, 2.45) is 4.99 Å². The third-order valence-corrected chi connectivity index (χ3v) is 4.24. The van der Waals surface area contributed by atoms with Crippen molar-refractivity contribution in [2.45, 2.75) is 51.6 Å². The lowest BCUT2D eigenvalue weighted by Gasteiger charge is -2.22. The molecule has 1 unspecified atom stereocenters. The molecule has 130 valence electrons. The lowest BCUT2D eigenvalue weighted by Crippen LogP contribution is -2.39. The zero-order valence-corrected chi connectivity index (χ0v) is 16.6. The molecule has 0 saturated heterocycles. The van der Waals surface area contributed by atoms with Gasteiger partial charge in [-0.15, -0.1) is 24.0 Å². The number of guanidine groups is 1.